The van der Waals surface area contributed by atoms with Crippen molar-refractivity contribution in [2.75, 3.05) is 44.7 Å². The van der Waals surface area contributed by atoms with Gasteiger partial charge in [0.05, 0.1) is 18.1 Å². The van der Waals surface area contributed by atoms with Crippen LogP contribution in [0.1, 0.15) is 26.2 Å². The molecule has 2 heterocycles. The van der Waals surface area contributed by atoms with Crippen molar-refractivity contribution in [2.24, 2.45) is 11.8 Å². The molecular formula is C19H30ClN3O4S. The molecule has 0 spiro atoms. The van der Waals surface area contributed by atoms with Crippen LogP contribution >= 0.6 is 12.4 Å². The number of carbonyl (C=O) groups is 1. The van der Waals surface area contributed by atoms with Gasteiger partial charge in [-0.25, -0.2) is 8.42 Å². The summed E-state index contributed by atoms with van der Waals surface area (Å²) in [6.07, 6.45) is 2.74. The summed E-state index contributed by atoms with van der Waals surface area (Å²) in [7, 11) is -3.57. The molecular weight excluding hydrogens is 402 g/mol. The van der Waals surface area contributed by atoms with Gasteiger partial charge in [-0.1, -0.05) is 13.0 Å². The molecule has 28 heavy (non-hydrogen) atoms. The number of morpholine rings is 1. The number of halogens is 1. The lowest BCUT2D eigenvalue weighted by Gasteiger charge is -2.28. The molecule has 2 aliphatic rings. The second kappa shape index (κ2) is 10.5. The van der Waals surface area contributed by atoms with E-state index in [0.29, 0.717) is 44.3 Å². The molecule has 2 unspecified atom stereocenters. The van der Waals surface area contributed by atoms with Crippen molar-refractivity contribution in [3.63, 3.8) is 0 Å². The zero-order chi connectivity index (χ0) is 19.3. The highest BCUT2D eigenvalue weighted by atomic mass is 35.5. The number of carbonyl (C=O) groups excluding carboxylic acids is 1. The summed E-state index contributed by atoms with van der Waals surface area (Å²) in [6, 6.07) is 6.49. The Balaban J connectivity index is 0.00000280. The lowest BCUT2D eigenvalue weighted by molar-refractivity contribution is -0.117. The van der Waals surface area contributed by atoms with Crippen molar-refractivity contribution < 1.29 is 17.9 Å². The molecule has 0 aliphatic carbocycles. The van der Waals surface area contributed by atoms with Gasteiger partial charge in [-0.2, -0.15) is 4.31 Å². The number of nitrogens with one attached hydrogen (secondary N) is 2. The molecule has 2 N–H and O–H groups in total. The van der Waals surface area contributed by atoms with E-state index in [1.807, 2.05) is 0 Å². The second-order valence-electron chi connectivity index (χ2n) is 7.38. The van der Waals surface area contributed by atoms with Gasteiger partial charge in [0.1, 0.15) is 0 Å². The number of ether oxygens (including phenoxy) is 1. The smallest absolute Gasteiger partial charge is 0.243 e. The Hall–Kier alpha value is -1.19. The van der Waals surface area contributed by atoms with Crippen molar-refractivity contribution >= 4 is 34.0 Å². The van der Waals surface area contributed by atoms with Gasteiger partial charge in [0.25, 0.3) is 0 Å². The van der Waals surface area contributed by atoms with E-state index in [1.165, 1.54) is 10.4 Å². The fourth-order valence-electron chi connectivity index (χ4n) is 3.71. The first kappa shape index (κ1) is 23.1. The van der Waals surface area contributed by atoms with Crippen LogP contribution in [0.5, 0.6) is 0 Å². The minimum absolute atomic E-state index is 0. The van der Waals surface area contributed by atoms with E-state index in [4.69, 9.17) is 4.74 Å². The third-order valence-corrected chi connectivity index (χ3v) is 7.27. The highest BCUT2D eigenvalue weighted by Gasteiger charge is 2.27. The topological polar surface area (TPSA) is 87.7 Å². The maximum atomic E-state index is 12.8. The van der Waals surface area contributed by atoms with Crippen molar-refractivity contribution in [2.45, 2.75) is 31.1 Å². The minimum atomic E-state index is -3.57. The summed E-state index contributed by atoms with van der Waals surface area (Å²) in [6.45, 7) is 5.64. The number of amides is 1. The lowest BCUT2D eigenvalue weighted by Crippen LogP contribution is -2.40. The summed E-state index contributed by atoms with van der Waals surface area (Å²) in [5, 5.41) is 6.24. The average molecular weight is 432 g/mol. The van der Waals surface area contributed by atoms with E-state index < -0.39 is 10.0 Å². The summed E-state index contributed by atoms with van der Waals surface area (Å²) in [5.74, 6) is 0.726. The van der Waals surface area contributed by atoms with Crippen LogP contribution in [0.4, 0.5) is 5.69 Å². The summed E-state index contributed by atoms with van der Waals surface area (Å²) in [4.78, 5) is 12.6. The van der Waals surface area contributed by atoms with Crippen LogP contribution in [0, 0.1) is 11.8 Å². The van der Waals surface area contributed by atoms with Crippen LogP contribution < -0.4 is 10.6 Å². The van der Waals surface area contributed by atoms with Gasteiger partial charge in [-0.15, -0.1) is 12.4 Å². The van der Waals surface area contributed by atoms with Crippen LogP contribution in [-0.2, 0) is 19.6 Å². The summed E-state index contributed by atoms with van der Waals surface area (Å²) < 4.78 is 32.2. The van der Waals surface area contributed by atoms with Gasteiger partial charge in [0.15, 0.2) is 0 Å². The Kier molecular flexibility index (Phi) is 8.70. The van der Waals surface area contributed by atoms with Crippen LogP contribution in [0.25, 0.3) is 0 Å². The summed E-state index contributed by atoms with van der Waals surface area (Å²) >= 11 is 0. The predicted octanol–water partition coefficient (Wildman–Crippen LogP) is 2.09. The SMILES string of the molecule is CC(CC(=O)Nc1cccc(S(=O)(=O)N2CCOCC2)c1)C1CCCNC1.Cl. The minimum Gasteiger partial charge on any atom is -0.379 e. The van der Waals surface area contributed by atoms with Crippen molar-refractivity contribution in [3.8, 4) is 0 Å². The highest BCUT2D eigenvalue weighted by Crippen LogP contribution is 2.24. The normalized spacial score (nSPS) is 22.1. The Morgan fingerprint density at radius 1 is 1.36 bits per heavy atom. The first-order chi connectivity index (χ1) is 13.0. The molecule has 0 radical (unpaired) electrons. The molecule has 0 bridgehead atoms. The van der Waals surface area contributed by atoms with Gasteiger partial charge in [0.2, 0.25) is 15.9 Å². The molecule has 1 amide bonds. The first-order valence-electron chi connectivity index (χ1n) is 9.65. The number of piperidine rings is 1. The van der Waals surface area contributed by atoms with Crippen molar-refractivity contribution in [1.82, 2.24) is 9.62 Å². The van der Waals surface area contributed by atoms with E-state index in [0.717, 1.165) is 25.9 Å². The van der Waals surface area contributed by atoms with Crippen LogP contribution in [-0.4, -0.2) is 58.0 Å². The maximum Gasteiger partial charge on any atom is 0.243 e. The number of hydrogen-bond donors (Lipinski definition) is 2. The van der Waals surface area contributed by atoms with Crippen LogP contribution in [0.3, 0.4) is 0 Å². The quantitative estimate of drug-likeness (QED) is 0.720. The average Bonchev–Trinajstić information content (AvgIpc) is 2.69. The first-order valence-corrected chi connectivity index (χ1v) is 11.1. The number of rotatable bonds is 6. The molecule has 1 aromatic rings. The Labute approximate surface area is 173 Å². The van der Waals surface area contributed by atoms with Gasteiger partial charge in [0, 0.05) is 25.2 Å². The highest BCUT2D eigenvalue weighted by molar-refractivity contribution is 7.89. The lowest BCUT2D eigenvalue weighted by atomic mass is 9.85. The zero-order valence-electron chi connectivity index (χ0n) is 16.2. The molecule has 3 rings (SSSR count). The summed E-state index contributed by atoms with van der Waals surface area (Å²) in [5.41, 5.74) is 0.517. The second-order valence-corrected chi connectivity index (χ2v) is 9.32. The number of nitrogens with zero attached hydrogens (tertiary/aromatic N) is 1. The Morgan fingerprint density at radius 2 is 2.11 bits per heavy atom. The van der Waals surface area contributed by atoms with Gasteiger partial charge >= 0.3 is 0 Å². The van der Waals surface area contributed by atoms with Gasteiger partial charge in [-0.3, -0.25) is 4.79 Å². The third-order valence-electron chi connectivity index (χ3n) is 5.37. The molecule has 2 atom stereocenters. The molecule has 7 nitrogen and oxygen atoms in total. The molecule has 9 heteroatoms. The number of benzene rings is 1. The largest absolute Gasteiger partial charge is 0.379 e. The maximum absolute atomic E-state index is 12.8. The van der Waals surface area contributed by atoms with E-state index in [1.54, 1.807) is 18.2 Å². The van der Waals surface area contributed by atoms with Crippen LogP contribution in [0.2, 0.25) is 0 Å². The fourth-order valence-corrected chi connectivity index (χ4v) is 5.16. The van der Waals surface area contributed by atoms with Crippen molar-refractivity contribution in [3.05, 3.63) is 24.3 Å². The number of anilines is 1. The monoisotopic (exact) mass is 431 g/mol. The molecule has 2 saturated heterocycles. The molecule has 158 valence electrons. The van der Waals surface area contributed by atoms with Gasteiger partial charge in [-0.05, 0) is 56.0 Å². The fraction of sp³-hybridized carbons (Fsp3) is 0.632. The molecule has 0 aromatic heterocycles. The molecule has 1 aromatic carbocycles. The van der Waals surface area contributed by atoms with E-state index in [9.17, 15) is 13.2 Å². The Bertz CT molecular complexity index is 747. The predicted molar refractivity (Wildman–Crippen MR) is 111 cm³/mol. The van der Waals surface area contributed by atoms with E-state index in [-0.39, 0.29) is 29.1 Å². The van der Waals surface area contributed by atoms with Crippen molar-refractivity contribution in [1.29, 1.82) is 0 Å². The van der Waals surface area contributed by atoms with E-state index in [2.05, 4.69) is 17.6 Å². The number of hydrogen-bond acceptors (Lipinski definition) is 5. The van der Waals surface area contributed by atoms with Gasteiger partial charge < -0.3 is 15.4 Å². The third kappa shape index (κ3) is 5.90. The molecule has 2 fully saturated rings. The molecule has 0 saturated carbocycles. The zero-order valence-corrected chi connectivity index (χ0v) is 17.9. The van der Waals surface area contributed by atoms with Crippen LogP contribution in [0.15, 0.2) is 29.2 Å². The molecule has 2 aliphatic heterocycles. The van der Waals surface area contributed by atoms with E-state index >= 15 is 0 Å². The number of sulfonamides is 1. The Morgan fingerprint density at radius 3 is 2.79 bits per heavy atom. The standard InChI is InChI=1S/C19H29N3O4S.ClH/c1-15(16-4-3-7-20-14-16)12-19(23)21-17-5-2-6-18(13-17)27(24,25)22-8-10-26-11-9-22;/h2,5-6,13,15-16,20H,3-4,7-12,14H2,1H3,(H,21,23);1H.